The Bertz CT molecular complexity index is 135. The molecule has 15 heteroatoms. The van der Waals surface area contributed by atoms with E-state index < -0.39 is 5.09 Å². The molecule has 19 heavy (non-hydrogen) atoms. The van der Waals surface area contributed by atoms with Gasteiger partial charge in [-0.2, -0.15) is 26.2 Å². The second kappa shape index (κ2) is 71.3. The van der Waals surface area contributed by atoms with E-state index in [1.54, 1.807) is 0 Å². The SMILES string of the molecule is O=N[O-].O=N[O-].O=[N+]([O-])[O-].[Co+3].[NH-]CC[NH-].[NH-]CC[NH-]. The van der Waals surface area contributed by atoms with Gasteiger partial charge in [-0.1, -0.05) is 0 Å². The molecular formula is C4H12CoN7O7-4. The van der Waals surface area contributed by atoms with Crippen molar-refractivity contribution in [2.45, 2.75) is 0 Å². The summed E-state index contributed by atoms with van der Waals surface area (Å²) in [5.74, 6) is 0. The molecule has 0 rings (SSSR count). The van der Waals surface area contributed by atoms with E-state index in [0.29, 0.717) is 0 Å². The Morgan fingerprint density at radius 3 is 0.842 bits per heavy atom. The molecule has 0 aromatic heterocycles. The van der Waals surface area contributed by atoms with Crippen LogP contribution in [0, 0.1) is 35.6 Å². The first-order valence-electron chi connectivity index (χ1n) is 3.69. The first kappa shape index (κ1) is 36.0. The van der Waals surface area contributed by atoms with E-state index in [9.17, 15) is 0 Å². The molecule has 0 amide bonds. The summed E-state index contributed by atoms with van der Waals surface area (Å²) < 4.78 is 0. The molecule has 0 aliphatic carbocycles. The zero-order valence-corrected chi connectivity index (χ0v) is 10.4. The van der Waals surface area contributed by atoms with Gasteiger partial charge in [0.2, 0.25) is 0 Å². The molecule has 0 spiro atoms. The molecule has 118 valence electrons. The molecular weight excluding hydrogens is 317 g/mol. The van der Waals surface area contributed by atoms with Crippen LogP contribution in [0.15, 0.2) is 10.7 Å². The first-order valence-corrected chi connectivity index (χ1v) is 3.69. The maximum Gasteiger partial charge on any atom is 3.00 e. The maximum absolute atomic E-state index is 8.25. The molecule has 4 N–H and O–H groups in total. The Kier molecular flexibility index (Phi) is 135. The van der Waals surface area contributed by atoms with Gasteiger partial charge in [-0.15, -0.1) is 10.7 Å². The third-order valence-corrected chi connectivity index (χ3v) is 0.250. The summed E-state index contributed by atoms with van der Waals surface area (Å²) in [7, 11) is 0. The number of nitrogens with one attached hydrogen (secondary N) is 4. The minimum atomic E-state index is -1.75. The molecule has 0 aliphatic rings. The molecule has 0 aromatic rings. The topological polar surface area (TPSA) is 266 Å². The molecule has 0 aromatic carbocycles. The fourth-order valence-corrected chi connectivity index (χ4v) is 0. The van der Waals surface area contributed by atoms with Crippen LogP contribution >= 0.6 is 0 Å². The fraction of sp³-hybridized carbons (Fsp3) is 1.00. The van der Waals surface area contributed by atoms with Crippen molar-refractivity contribution in [3.05, 3.63) is 58.5 Å². The van der Waals surface area contributed by atoms with E-state index in [1.807, 2.05) is 0 Å². The minimum absolute atomic E-state index is 0. The Morgan fingerprint density at radius 1 is 0.789 bits per heavy atom. The molecule has 0 unspecified atom stereocenters. The molecule has 0 bridgehead atoms. The van der Waals surface area contributed by atoms with Gasteiger partial charge >= 0.3 is 16.8 Å². The summed E-state index contributed by atoms with van der Waals surface area (Å²) in [6.07, 6.45) is 0. The Hall–Kier alpha value is -1.65. The van der Waals surface area contributed by atoms with Crippen molar-refractivity contribution in [2.75, 3.05) is 26.2 Å². The van der Waals surface area contributed by atoms with Gasteiger partial charge in [0.1, 0.15) is 0 Å². The molecule has 0 atom stereocenters. The quantitative estimate of drug-likeness (QED) is 0.413. The first-order chi connectivity index (χ1) is 8.39. The van der Waals surface area contributed by atoms with Crippen LogP contribution in [0.2, 0.25) is 0 Å². The largest absolute Gasteiger partial charge is 3.00 e. The average Bonchev–Trinajstić information content (AvgIpc) is 2.30. The summed E-state index contributed by atoms with van der Waals surface area (Å²) in [4.78, 5) is 24.2. The van der Waals surface area contributed by atoms with Crippen LogP contribution in [0.1, 0.15) is 0 Å². The van der Waals surface area contributed by atoms with Crippen molar-refractivity contribution in [2.24, 2.45) is 10.7 Å². The van der Waals surface area contributed by atoms with Gasteiger partial charge in [0.05, 0.1) is 5.09 Å². The van der Waals surface area contributed by atoms with Gasteiger partial charge < -0.3 is 58.5 Å². The summed E-state index contributed by atoms with van der Waals surface area (Å²) >= 11 is 0. The van der Waals surface area contributed by atoms with Crippen LogP contribution in [0.25, 0.3) is 22.9 Å². The van der Waals surface area contributed by atoms with Gasteiger partial charge in [-0.25, -0.2) is 0 Å². The van der Waals surface area contributed by atoms with E-state index in [1.165, 1.54) is 0 Å². The molecule has 0 radical (unpaired) electrons. The standard InChI is InChI=1S/2C2H6N2.Co.NO3.2HNO2/c2*3-1-2-4;;2-1(3)4;2*2-1-3/h2*3-4H,1-2H2;;;2*(H,2,3)/q2*-2;+3;-1;;/p-2. The third kappa shape index (κ3) is 28000. The maximum atomic E-state index is 8.25. The van der Waals surface area contributed by atoms with Gasteiger partial charge in [-0.3, -0.25) is 0 Å². The zero-order valence-electron chi connectivity index (χ0n) is 9.36. The predicted octanol–water partition coefficient (Wildman–Crippen LogP) is 2.44. The number of rotatable bonds is 2. The Morgan fingerprint density at radius 2 is 0.842 bits per heavy atom. The number of hydrogen-bond donors (Lipinski definition) is 0. The summed E-state index contributed by atoms with van der Waals surface area (Å²) in [6.45, 7) is 0.944. The second-order valence-electron chi connectivity index (χ2n) is 1.37. The third-order valence-electron chi connectivity index (χ3n) is 0.250. The van der Waals surface area contributed by atoms with Gasteiger partial charge in [0, 0.05) is 0 Å². The van der Waals surface area contributed by atoms with E-state index in [0.717, 1.165) is 10.7 Å². The fourth-order valence-electron chi connectivity index (χ4n) is 0. The van der Waals surface area contributed by atoms with Crippen LogP contribution in [0.5, 0.6) is 0 Å². The van der Waals surface area contributed by atoms with Crippen molar-refractivity contribution in [3.8, 4) is 0 Å². The minimum Gasteiger partial charge on any atom is -0.679 e. The zero-order chi connectivity index (χ0) is 15.8. The van der Waals surface area contributed by atoms with Crippen molar-refractivity contribution < 1.29 is 21.9 Å². The summed E-state index contributed by atoms with van der Waals surface area (Å²) in [6, 6.07) is 0. The Balaban J connectivity index is -0.0000000276. The van der Waals surface area contributed by atoms with Gasteiger partial charge in [0.15, 0.2) is 0 Å². The molecule has 0 fully saturated rings. The van der Waals surface area contributed by atoms with E-state index >= 15 is 0 Å². The number of nitrogens with zero attached hydrogens (tertiary/aromatic N) is 3. The van der Waals surface area contributed by atoms with Crippen molar-refractivity contribution in [3.63, 3.8) is 0 Å². The Labute approximate surface area is 118 Å². The van der Waals surface area contributed by atoms with Gasteiger partial charge in [-0.05, 0) is 0 Å². The molecule has 0 saturated heterocycles. The second-order valence-corrected chi connectivity index (χ2v) is 1.37. The predicted molar refractivity (Wildman–Crippen MR) is 65.4 cm³/mol. The van der Waals surface area contributed by atoms with E-state index in [4.69, 9.17) is 58.5 Å². The molecule has 0 heterocycles. The van der Waals surface area contributed by atoms with Crippen LogP contribution in [0.4, 0.5) is 0 Å². The van der Waals surface area contributed by atoms with Crippen LogP contribution in [-0.2, 0) is 16.8 Å². The molecule has 0 aliphatic heterocycles. The van der Waals surface area contributed by atoms with E-state index in [-0.39, 0.29) is 43.0 Å². The number of hydrogen-bond acceptors (Lipinski definition) is 9. The van der Waals surface area contributed by atoms with Crippen molar-refractivity contribution in [1.29, 1.82) is 0 Å². The van der Waals surface area contributed by atoms with E-state index in [2.05, 4.69) is 0 Å². The smallest absolute Gasteiger partial charge is 0.679 e. The molecule has 14 nitrogen and oxygen atoms in total. The van der Waals surface area contributed by atoms with Gasteiger partial charge in [0.25, 0.3) is 0 Å². The van der Waals surface area contributed by atoms with Crippen LogP contribution in [0.3, 0.4) is 0 Å². The monoisotopic (exact) mass is 329 g/mol. The normalized spacial score (nSPS) is 5.68. The van der Waals surface area contributed by atoms with Crippen molar-refractivity contribution in [1.82, 2.24) is 0 Å². The van der Waals surface area contributed by atoms with Crippen molar-refractivity contribution >= 4 is 0 Å². The molecule has 0 saturated carbocycles. The van der Waals surface area contributed by atoms with Crippen LogP contribution < -0.4 is 0 Å². The average molecular weight is 329 g/mol. The summed E-state index contributed by atoms with van der Waals surface area (Å²) in [5.41, 5.74) is 25.1. The van der Waals surface area contributed by atoms with Crippen LogP contribution in [-0.4, -0.2) is 31.3 Å². The summed E-state index contributed by atoms with van der Waals surface area (Å²) in [5, 5.41) is 32.8.